The zero-order chi connectivity index (χ0) is 22.6. The minimum Gasteiger partial charge on any atom is -0.368 e. The van der Waals surface area contributed by atoms with Gasteiger partial charge in [0, 0.05) is 22.5 Å². The van der Waals surface area contributed by atoms with Gasteiger partial charge < -0.3 is 48.1 Å². The van der Waals surface area contributed by atoms with Gasteiger partial charge in [0.05, 0.1) is 6.67 Å². The largest absolute Gasteiger partial charge is 0.368 e. The van der Waals surface area contributed by atoms with Crippen molar-refractivity contribution in [2.45, 2.75) is 47.7 Å². The second-order valence-electron chi connectivity index (χ2n) is 10.5. The number of anilines is 2. The monoisotopic (exact) mass is 478 g/mol. The highest BCUT2D eigenvalue weighted by molar-refractivity contribution is 5.66. The predicted molar refractivity (Wildman–Crippen MR) is 115 cm³/mol. The summed E-state index contributed by atoms with van der Waals surface area (Å²) in [5.74, 6) is -2.00. The van der Waals surface area contributed by atoms with Crippen molar-refractivity contribution in [1.29, 1.82) is 0 Å². The van der Waals surface area contributed by atoms with E-state index in [4.69, 9.17) is 37.9 Å². The number of hydrogen-bond acceptors (Lipinski definition) is 10. The molecule has 0 bridgehead atoms. The normalized spacial score (nSPS) is 47.8. The van der Waals surface area contributed by atoms with E-state index in [1.54, 1.807) is 0 Å². The summed E-state index contributed by atoms with van der Waals surface area (Å²) in [5.41, 5.74) is 5.26. The van der Waals surface area contributed by atoms with Crippen molar-refractivity contribution in [1.82, 2.24) is 0 Å². The van der Waals surface area contributed by atoms with Crippen molar-refractivity contribution in [3.8, 4) is 0 Å². The fourth-order valence-corrected chi connectivity index (χ4v) is 5.68. The van der Waals surface area contributed by atoms with Gasteiger partial charge in [-0.05, 0) is 23.8 Å². The van der Waals surface area contributed by atoms with E-state index < -0.39 is 23.1 Å². The number of ether oxygens (including phenoxy) is 8. The first-order valence-corrected chi connectivity index (χ1v) is 12.1. The molecule has 8 unspecified atom stereocenters. The molecular weight excluding hydrogens is 456 g/mol. The van der Waals surface area contributed by atoms with Crippen molar-refractivity contribution in [2.24, 2.45) is 0 Å². The van der Waals surface area contributed by atoms with Gasteiger partial charge in [0.25, 0.3) is 0 Å². The molecule has 10 rings (SSSR count). The van der Waals surface area contributed by atoms with Crippen LogP contribution in [0.4, 0.5) is 11.4 Å². The average molecular weight is 478 g/mol. The van der Waals surface area contributed by atoms with Gasteiger partial charge in [0.2, 0.25) is 23.1 Å². The molecule has 0 amide bonds. The molecule has 180 valence electrons. The summed E-state index contributed by atoms with van der Waals surface area (Å²) in [6, 6.07) is 14.4. The Morgan fingerprint density at radius 3 is 1.86 bits per heavy atom. The van der Waals surface area contributed by atoms with Crippen molar-refractivity contribution in [3.63, 3.8) is 0 Å². The molecule has 8 fully saturated rings. The smallest absolute Gasteiger partial charge is 0.241 e. The zero-order valence-electron chi connectivity index (χ0n) is 18.6. The Hall–Kier alpha value is -2.28. The lowest BCUT2D eigenvalue weighted by atomic mass is 9.89. The summed E-state index contributed by atoms with van der Waals surface area (Å²) in [6.45, 7) is 2.95. The molecule has 8 aliphatic heterocycles. The quantitative estimate of drug-likeness (QED) is 0.446. The second kappa shape index (κ2) is 5.66. The summed E-state index contributed by atoms with van der Waals surface area (Å²) in [7, 11) is 0. The van der Waals surface area contributed by atoms with Crippen molar-refractivity contribution >= 4 is 11.4 Å². The van der Waals surface area contributed by atoms with E-state index in [9.17, 15) is 0 Å². The Labute approximate surface area is 199 Å². The van der Waals surface area contributed by atoms with Crippen molar-refractivity contribution in [2.75, 3.05) is 43.3 Å². The minimum absolute atomic E-state index is 0.105. The summed E-state index contributed by atoms with van der Waals surface area (Å²) < 4.78 is 46.9. The van der Waals surface area contributed by atoms with Crippen molar-refractivity contribution < 1.29 is 37.9 Å². The lowest BCUT2D eigenvalue weighted by molar-refractivity contribution is 0.249. The molecule has 2 aromatic rings. The first kappa shape index (κ1) is 18.9. The number of nitrogens with zero attached hydrogens (tertiary/aromatic N) is 1. The highest BCUT2D eigenvalue weighted by Crippen LogP contribution is 2.70. The molecule has 8 aliphatic rings. The van der Waals surface area contributed by atoms with Gasteiger partial charge in [0.1, 0.15) is 44.7 Å². The standard InChI is InChI=1S/C25H22N2O8/c1-2-4-13(5-3-1)26-12-27(21-25(35-21)11-31-25)15-7-6-14(18-22(32-18)8-28-22)16(19-23(33-19)9-29-23)17(15)20-24(34-20)10-30-24/h1-7,18-21,26H,8-12H2. The van der Waals surface area contributed by atoms with Gasteiger partial charge in [-0.2, -0.15) is 0 Å². The zero-order valence-corrected chi connectivity index (χ0v) is 18.6. The van der Waals surface area contributed by atoms with Crippen LogP contribution < -0.4 is 10.2 Å². The molecule has 10 heteroatoms. The SMILES string of the molecule is c1ccc(NCN(c2ccc(C3OC34CO4)c(C3OC34CO4)c2C2OC23CO3)C2OC23CO3)cc1. The highest BCUT2D eigenvalue weighted by atomic mass is 16.9. The van der Waals surface area contributed by atoms with Crippen LogP contribution in [-0.4, -0.2) is 62.5 Å². The maximum absolute atomic E-state index is 6.14. The van der Waals surface area contributed by atoms with Gasteiger partial charge in [-0.25, -0.2) is 0 Å². The lowest BCUT2D eigenvalue weighted by Crippen LogP contribution is -2.35. The van der Waals surface area contributed by atoms with E-state index in [-0.39, 0.29) is 24.5 Å². The average Bonchev–Trinajstić information content (AvgIpc) is 3.69. The van der Waals surface area contributed by atoms with Gasteiger partial charge in [0.15, 0.2) is 6.23 Å². The van der Waals surface area contributed by atoms with Gasteiger partial charge in [-0.3, -0.25) is 0 Å². The van der Waals surface area contributed by atoms with E-state index in [2.05, 4.69) is 22.3 Å². The lowest BCUT2D eigenvalue weighted by Gasteiger charge is -2.28. The molecule has 1 N–H and O–H groups in total. The summed E-state index contributed by atoms with van der Waals surface area (Å²) >= 11 is 0. The third kappa shape index (κ3) is 2.60. The van der Waals surface area contributed by atoms with Crippen LogP contribution in [0.2, 0.25) is 0 Å². The van der Waals surface area contributed by atoms with Crippen LogP contribution in [0.15, 0.2) is 42.5 Å². The Kier molecular flexibility index (Phi) is 3.06. The Balaban J connectivity index is 1.10. The molecule has 2 aromatic carbocycles. The fourth-order valence-electron chi connectivity index (χ4n) is 5.68. The highest BCUT2D eigenvalue weighted by Gasteiger charge is 2.77. The topological polar surface area (TPSA) is 116 Å². The van der Waals surface area contributed by atoms with Crippen LogP contribution >= 0.6 is 0 Å². The molecule has 0 saturated carbocycles. The maximum atomic E-state index is 6.14. The molecule has 4 spiro atoms. The molecular formula is C25H22N2O8. The summed E-state index contributed by atoms with van der Waals surface area (Å²) in [6.07, 6.45) is -0.641. The van der Waals surface area contributed by atoms with Crippen molar-refractivity contribution in [3.05, 3.63) is 59.2 Å². The summed E-state index contributed by atoms with van der Waals surface area (Å²) in [5, 5.41) is 3.54. The van der Waals surface area contributed by atoms with E-state index in [1.807, 2.05) is 30.3 Å². The number of nitrogens with one attached hydrogen (secondary N) is 1. The van der Waals surface area contributed by atoms with E-state index in [0.29, 0.717) is 33.1 Å². The molecule has 8 heterocycles. The third-order valence-corrected chi connectivity index (χ3v) is 8.25. The van der Waals surface area contributed by atoms with Crippen LogP contribution in [-0.2, 0) is 37.9 Å². The van der Waals surface area contributed by atoms with E-state index >= 15 is 0 Å². The first-order valence-electron chi connectivity index (χ1n) is 12.1. The van der Waals surface area contributed by atoms with Gasteiger partial charge in [-0.1, -0.05) is 24.3 Å². The minimum atomic E-state index is -0.524. The number of hydrogen-bond donors (Lipinski definition) is 1. The molecule has 0 radical (unpaired) electrons. The van der Waals surface area contributed by atoms with Gasteiger partial charge in [-0.15, -0.1) is 0 Å². The first-order chi connectivity index (χ1) is 17.1. The number of rotatable bonds is 8. The van der Waals surface area contributed by atoms with Crippen LogP contribution in [0.3, 0.4) is 0 Å². The van der Waals surface area contributed by atoms with Crippen LogP contribution in [0.1, 0.15) is 35.0 Å². The summed E-state index contributed by atoms with van der Waals surface area (Å²) in [4.78, 5) is 2.22. The third-order valence-electron chi connectivity index (χ3n) is 8.25. The molecule has 10 nitrogen and oxygen atoms in total. The number of benzene rings is 2. The van der Waals surface area contributed by atoms with E-state index in [0.717, 1.165) is 28.1 Å². The number of epoxide rings is 8. The number of para-hydroxylation sites is 1. The fraction of sp³-hybridized carbons (Fsp3) is 0.520. The molecule has 8 saturated heterocycles. The van der Waals surface area contributed by atoms with Crippen LogP contribution in [0.5, 0.6) is 0 Å². The Bertz CT molecular complexity index is 1290. The van der Waals surface area contributed by atoms with Crippen LogP contribution in [0, 0.1) is 0 Å². The molecule has 0 aromatic heterocycles. The molecule has 8 atom stereocenters. The second-order valence-corrected chi connectivity index (χ2v) is 10.5. The Morgan fingerprint density at radius 2 is 1.29 bits per heavy atom. The maximum Gasteiger partial charge on any atom is 0.241 e. The van der Waals surface area contributed by atoms with E-state index in [1.165, 1.54) is 0 Å². The Morgan fingerprint density at radius 1 is 0.686 bits per heavy atom. The van der Waals surface area contributed by atoms with Crippen LogP contribution in [0.25, 0.3) is 0 Å². The molecule has 35 heavy (non-hydrogen) atoms. The molecule has 0 aliphatic carbocycles. The van der Waals surface area contributed by atoms with Gasteiger partial charge >= 0.3 is 0 Å². The predicted octanol–water partition coefficient (Wildman–Crippen LogP) is 2.04.